The van der Waals surface area contributed by atoms with Crippen molar-refractivity contribution in [3.05, 3.63) is 40.0 Å². The highest BCUT2D eigenvalue weighted by molar-refractivity contribution is 9.10. The number of carboxylic acid groups (broad SMARTS) is 1. The third kappa shape index (κ3) is 2.00. The molecule has 0 aliphatic rings. The van der Waals surface area contributed by atoms with Gasteiger partial charge in [0, 0.05) is 4.47 Å². The van der Waals surface area contributed by atoms with Crippen molar-refractivity contribution in [3.63, 3.8) is 0 Å². The molecule has 0 bridgehead atoms. The van der Waals surface area contributed by atoms with Crippen LogP contribution in [0.3, 0.4) is 0 Å². The number of nitrogens with two attached hydrogens (primary N) is 1. The van der Waals surface area contributed by atoms with Crippen LogP contribution in [0.5, 0.6) is 0 Å². The minimum atomic E-state index is -1.29. The summed E-state index contributed by atoms with van der Waals surface area (Å²) in [6.45, 7) is 0. The number of rotatable bonds is 3. The van der Waals surface area contributed by atoms with Crippen molar-refractivity contribution in [2.45, 2.75) is 0 Å². The van der Waals surface area contributed by atoms with Gasteiger partial charge in [0.2, 0.25) is 0 Å². The molecule has 0 saturated carbocycles. The topological polar surface area (TPSA) is 98.2 Å². The summed E-state index contributed by atoms with van der Waals surface area (Å²) in [5, 5.41) is 12.8. The summed E-state index contributed by atoms with van der Waals surface area (Å²) < 4.78 is 2.01. The van der Waals surface area contributed by atoms with Gasteiger partial charge in [0.05, 0.1) is 11.3 Å². The zero-order valence-electron chi connectivity index (χ0n) is 9.00. The van der Waals surface area contributed by atoms with E-state index in [0.29, 0.717) is 12.0 Å². The third-order valence-corrected chi connectivity index (χ3v) is 2.83. The van der Waals surface area contributed by atoms with Crippen molar-refractivity contribution in [2.24, 2.45) is 0 Å². The van der Waals surface area contributed by atoms with Crippen LogP contribution in [0.15, 0.2) is 28.7 Å². The molecule has 2 rings (SSSR count). The zero-order valence-corrected chi connectivity index (χ0v) is 10.6. The second-order valence-corrected chi connectivity index (χ2v) is 4.38. The fraction of sp³-hybridized carbons (Fsp3) is 0. The van der Waals surface area contributed by atoms with Gasteiger partial charge in [-0.25, -0.2) is 9.48 Å². The van der Waals surface area contributed by atoms with E-state index in [4.69, 9.17) is 10.8 Å². The molecular weight excluding hydrogens is 302 g/mol. The number of nitrogen functional groups attached to an aromatic ring is 1. The van der Waals surface area contributed by atoms with Crippen LogP contribution in [0, 0.1) is 0 Å². The lowest BCUT2D eigenvalue weighted by molar-refractivity contribution is 0.0687. The molecule has 0 saturated heterocycles. The van der Waals surface area contributed by atoms with Crippen LogP contribution in [-0.2, 0) is 0 Å². The van der Waals surface area contributed by atoms with E-state index in [1.54, 1.807) is 18.2 Å². The van der Waals surface area contributed by atoms with Gasteiger partial charge >= 0.3 is 5.97 Å². The Hall–Kier alpha value is -2.15. The summed E-state index contributed by atoms with van der Waals surface area (Å²) in [6, 6.07) is 6.97. The first-order valence-corrected chi connectivity index (χ1v) is 5.66. The van der Waals surface area contributed by atoms with Crippen LogP contribution in [-0.4, -0.2) is 27.1 Å². The van der Waals surface area contributed by atoms with Gasteiger partial charge in [-0.2, -0.15) is 5.10 Å². The van der Waals surface area contributed by atoms with Crippen LogP contribution in [0.2, 0.25) is 0 Å². The van der Waals surface area contributed by atoms with E-state index in [-0.39, 0.29) is 17.1 Å². The van der Waals surface area contributed by atoms with Crippen molar-refractivity contribution in [3.8, 4) is 5.69 Å². The van der Waals surface area contributed by atoms with Crippen molar-refractivity contribution >= 4 is 34.0 Å². The molecule has 18 heavy (non-hydrogen) atoms. The molecule has 0 aliphatic heterocycles. The van der Waals surface area contributed by atoms with Crippen LogP contribution in [0.25, 0.3) is 5.69 Å². The number of carbonyl (C=O) groups is 2. The first kappa shape index (κ1) is 12.3. The number of carbonyl (C=O) groups excluding carboxylic acids is 1. The van der Waals surface area contributed by atoms with E-state index < -0.39 is 5.97 Å². The van der Waals surface area contributed by atoms with E-state index in [2.05, 4.69) is 21.0 Å². The molecule has 0 aliphatic carbocycles. The lowest BCUT2D eigenvalue weighted by Gasteiger charge is -2.03. The minimum absolute atomic E-state index is 0.000463. The average molecular weight is 310 g/mol. The molecule has 0 fully saturated rings. The van der Waals surface area contributed by atoms with Gasteiger partial charge in [0.15, 0.2) is 12.0 Å². The molecule has 1 aromatic heterocycles. The standard InChI is InChI=1S/C11H8BrN3O3/c12-6-2-1-3-7(4-6)15-10(13)8(5-16)9(14-15)11(17)18/h1-5H,13H2,(H,17,18). The van der Waals surface area contributed by atoms with Crippen LogP contribution in [0.1, 0.15) is 20.8 Å². The Morgan fingerprint density at radius 2 is 2.22 bits per heavy atom. The predicted molar refractivity (Wildman–Crippen MR) is 68.0 cm³/mol. The van der Waals surface area contributed by atoms with Crippen LogP contribution < -0.4 is 5.73 Å². The SMILES string of the molecule is Nc1c(C=O)c(C(=O)O)nn1-c1cccc(Br)c1. The highest BCUT2D eigenvalue weighted by Gasteiger charge is 2.21. The van der Waals surface area contributed by atoms with Gasteiger partial charge < -0.3 is 10.8 Å². The fourth-order valence-corrected chi connectivity index (χ4v) is 1.91. The average Bonchev–Trinajstić information content (AvgIpc) is 2.66. The summed E-state index contributed by atoms with van der Waals surface area (Å²) in [4.78, 5) is 21.8. The molecule has 1 heterocycles. The highest BCUT2D eigenvalue weighted by Crippen LogP contribution is 2.22. The molecule has 0 unspecified atom stereocenters. The van der Waals surface area contributed by atoms with Crippen LogP contribution >= 0.6 is 15.9 Å². The van der Waals surface area contributed by atoms with Crippen molar-refractivity contribution in [1.29, 1.82) is 0 Å². The number of benzene rings is 1. The number of halogens is 1. The van der Waals surface area contributed by atoms with Crippen LogP contribution in [0.4, 0.5) is 5.82 Å². The normalized spacial score (nSPS) is 10.3. The number of aldehydes is 1. The molecule has 0 amide bonds. The monoisotopic (exact) mass is 309 g/mol. The van der Waals surface area contributed by atoms with Gasteiger partial charge in [-0.15, -0.1) is 0 Å². The maximum Gasteiger partial charge on any atom is 0.357 e. The quantitative estimate of drug-likeness (QED) is 0.841. The summed E-state index contributed by atoms with van der Waals surface area (Å²) in [5.41, 5.74) is 5.81. The minimum Gasteiger partial charge on any atom is -0.476 e. The molecule has 2 aromatic rings. The molecule has 0 atom stereocenters. The second kappa shape index (κ2) is 4.61. The van der Waals surface area contributed by atoms with Gasteiger partial charge in [0.25, 0.3) is 0 Å². The summed E-state index contributed by atoms with van der Waals surface area (Å²) in [6.07, 6.45) is 0.389. The number of hydrogen-bond acceptors (Lipinski definition) is 4. The number of nitrogens with zero attached hydrogens (tertiary/aromatic N) is 2. The van der Waals surface area contributed by atoms with Crippen molar-refractivity contribution in [1.82, 2.24) is 9.78 Å². The molecule has 0 spiro atoms. The highest BCUT2D eigenvalue weighted by atomic mass is 79.9. The number of carboxylic acids is 1. The largest absolute Gasteiger partial charge is 0.476 e. The first-order valence-electron chi connectivity index (χ1n) is 4.87. The number of hydrogen-bond donors (Lipinski definition) is 2. The third-order valence-electron chi connectivity index (χ3n) is 2.33. The lowest BCUT2D eigenvalue weighted by atomic mass is 10.2. The van der Waals surface area contributed by atoms with Gasteiger partial charge in [-0.1, -0.05) is 22.0 Å². The summed E-state index contributed by atoms with van der Waals surface area (Å²) in [7, 11) is 0. The molecule has 92 valence electrons. The van der Waals surface area contributed by atoms with Gasteiger partial charge in [-0.3, -0.25) is 4.79 Å². The Labute approximate surface area is 110 Å². The van der Waals surface area contributed by atoms with E-state index in [1.807, 2.05) is 6.07 Å². The van der Waals surface area contributed by atoms with E-state index >= 15 is 0 Å². The summed E-state index contributed by atoms with van der Waals surface area (Å²) >= 11 is 3.29. The van der Waals surface area contributed by atoms with E-state index in [0.717, 1.165) is 4.47 Å². The number of anilines is 1. The van der Waals surface area contributed by atoms with Crippen molar-refractivity contribution < 1.29 is 14.7 Å². The smallest absolute Gasteiger partial charge is 0.357 e. The van der Waals surface area contributed by atoms with Crippen molar-refractivity contribution in [2.75, 3.05) is 5.73 Å². The molecule has 7 heteroatoms. The summed E-state index contributed by atoms with van der Waals surface area (Å²) in [5.74, 6) is -1.29. The predicted octanol–water partition coefficient (Wildman–Crippen LogP) is 1.73. The molecular formula is C11H8BrN3O3. The number of aromatic carboxylic acids is 1. The van der Waals surface area contributed by atoms with Gasteiger partial charge in [0.1, 0.15) is 5.82 Å². The maximum atomic E-state index is 10.9. The zero-order chi connectivity index (χ0) is 13.3. The van der Waals surface area contributed by atoms with E-state index in [9.17, 15) is 9.59 Å². The molecule has 0 radical (unpaired) electrons. The molecule has 3 N–H and O–H groups in total. The van der Waals surface area contributed by atoms with E-state index in [1.165, 1.54) is 4.68 Å². The Morgan fingerprint density at radius 1 is 1.50 bits per heavy atom. The molecule has 6 nitrogen and oxygen atoms in total. The fourth-order valence-electron chi connectivity index (χ4n) is 1.52. The Morgan fingerprint density at radius 3 is 2.72 bits per heavy atom. The number of aromatic nitrogens is 2. The van der Waals surface area contributed by atoms with Gasteiger partial charge in [-0.05, 0) is 18.2 Å². The maximum absolute atomic E-state index is 10.9. The molecule has 1 aromatic carbocycles. The Balaban J connectivity index is 2.66. The first-order chi connectivity index (χ1) is 8.54. The second-order valence-electron chi connectivity index (χ2n) is 3.46. The Kier molecular flexibility index (Phi) is 3.15. The lowest BCUT2D eigenvalue weighted by Crippen LogP contribution is -2.03. The Bertz CT molecular complexity index is 636.